The Kier molecular flexibility index (Phi) is 3.06. The molecule has 0 nitrogen and oxygen atoms in total. The molecule has 0 amide bonds. The van der Waals surface area contributed by atoms with Gasteiger partial charge in [0.05, 0.1) is 0 Å². The van der Waals surface area contributed by atoms with Crippen LogP contribution < -0.4 is 0 Å². The van der Waals surface area contributed by atoms with E-state index in [2.05, 4.69) is 76.3 Å². The van der Waals surface area contributed by atoms with Crippen molar-refractivity contribution < 1.29 is 0 Å². The van der Waals surface area contributed by atoms with Gasteiger partial charge in [-0.3, -0.25) is 0 Å². The van der Waals surface area contributed by atoms with Crippen molar-refractivity contribution in [3.05, 3.63) is 65.3 Å². The molecule has 1 aromatic rings. The van der Waals surface area contributed by atoms with Crippen LogP contribution in [0.15, 0.2) is 54.1 Å². The minimum absolute atomic E-state index is 0.109. The van der Waals surface area contributed by atoms with Crippen molar-refractivity contribution in [3.63, 3.8) is 0 Å². The van der Waals surface area contributed by atoms with Gasteiger partial charge in [0.1, 0.15) is 0 Å². The molecule has 0 heteroatoms. The molecule has 88 valence electrons. The highest BCUT2D eigenvalue weighted by Crippen LogP contribution is 2.47. The molecule has 0 saturated carbocycles. The molecule has 17 heavy (non-hydrogen) atoms. The molecule has 0 aromatic heterocycles. The zero-order valence-electron chi connectivity index (χ0n) is 11.1. The fourth-order valence-corrected chi connectivity index (χ4v) is 2.70. The summed E-state index contributed by atoms with van der Waals surface area (Å²) in [5.74, 6) is 0. The van der Waals surface area contributed by atoms with Gasteiger partial charge in [-0.2, -0.15) is 0 Å². The van der Waals surface area contributed by atoms with E-state index >= 15 is 0 Å². The normalized spacial score (nSPS) is 18.4. The van der Waals surface area contributed by atoms with E-state index in [0.29, 0.717) is 0 Å². The first-order valence-corrected chi connectivity index (χ1v) is 6.23. The lowest BCUT2D eigenvalue weighted by molar-refractivity contribution is 0.654. The summed E-state index contributed by atoms with van der Waals surface area (Å²) >= 11 is 0. The Bertz CT molecular complexity index is 511. The fourth-order valence-electron chi connectivity index (χ4n) is 2.70. The maximum atomic E-state index is 2.30. The predicted molar refractivity (Wildman–Crippen MR) is 76.0 cm³/mol. The largest absolute Gasteiger partial charge is 0.0873 e. The Morgan fingerprint density at radius 1 is 0.941 bits per heavy atom. The standard InChI is InChI=1S/C17H20/c1-5-9-13-14-11-7-8-12-16(14)17(3,4)15(13)10-6-2/h5-12H,1-4H3/b9-5-,10-6-. The van der Waals surface area contributed by atoms with Gasteiger partial charge in [0.15, 0.2) is 0 Å². The lowest BCUT2D eigenvalue weighted by Crippen LogP contribution is -2.15. The van der Waals surface area contributed by atoms with Crippen LogP contribution in [0.5, 0.6) is 0 Å². The molecule has 0 fully saturated rings. The minimum Gasteiger partial charge on any atom is -0.0873 e. The van der Waals surface area contributed by atoms with Gasteiger partial charge in [0, 0.05) is 5.41 Å². The van der Waals surface area contributed by atoms with E-state index in [1.54, 1.807) is 0 Å². The highest BCUT2D eigenvalue weighted by Gasteiger charge is 2.34. The van der Waals surface area contributed by atoms with E-state index in [0.717, 1.165) is 0 Å². The molecule has 0 unspecified atom stereocenters. The monoisotopic (exact) mass is 224 g/mol. The second-order valence-electron chi connectivity index (χ2n) is 5.00. The quantitative estimate of drug-likeness (QED) is 0.671. The smallest absolute Gasteiger partial charge is 0.0158 e. The van der Waals surface area contributed by atoms with Gasteiger partial charge in [0.25, 0.3) is 0 Å². The third kappa shape index (κ3) is 1.78. The molecule has 0 radical (unpaired) electrons. The third-order valence-corrected chi connectivity index (χ3v) is 3.52. The number of fused-ring (bicyclic) bond motifs is 1. The average Bonchev–Trinajstić information content (AvgIpc) is 2.52. The number of hydrogen-bond donors (Lipinski definition) is 0. The number of benzene rings is 1. The first-order valence-electron chi connectivity index (χ1n) is 6.23. The van der Waals surface area contributed by atoms with Crippen LogP contribution in [0.4, 0.5) is 0 Å². The Labute approximate surface area is 104 Å². The van der Waals surface area contributed by atoms with Crippen molar-refractivity contribution in [1.29, 1.82) is 0 Å². The predicted octanol–water partition coefficient (Wildman–Crippen LogP) is 4.88. The molecule has 1 aromatic carbocycles. The summed E-state index contributed by atoms with van der Waals surface area (Å²) in [4.78, 5) is 0. The van der Waals surface area contributed by atoms with Crippen LogP contribution in [0.1, 0.15) is 38.8 Å². The highest BCUT2D eigenvalue weighted by atomic mass is 14.4. The molecule has 0 heterocycles. The number of allylic oxidation sites excluding steroid dienone is 6. The number of hydrogen-bond acceptors (Lipinski definition) is 0. The first kappa shape index (κ1) is 11.9. The van der Waals surface area contributed by atoms with Crippen LogP contribution >= 0.6 is 0 Å². The summed E-state index contributed by atoms with van der Waals surface area (Å²) in [6.07, 6.45) is 8.72. The lowest BCUT2D eigenvalue weighted by atomic mass is 9.81. The van der Waals surface area contributed by atoms with Crippen LogP contribution in [-0.4, -0.2) is 0 Å². The molecule has 1 aliphatic carbocycles. The van der Waals surface area contributed by atoms with Crippen molar-refractivity contribution in [2.45, 2.75) is 33.1 Å². The van der Waals surface area contributed by atoms with Crippen molar-refractivity contribution in [3.8, 4) is 0 Å². The van der Waals surface area contributed by atoms with Gasteiger partial charge in [-0.15, -0.1) is 0 Å². The van der Waals surface area contributed by atoms with E-state index < -0.39 is 0 Å². The SMILES string of the molecule is C/C=C\C1=C(/C=C\C)C(C)(C)c2ccccc21. The van der Waals surface area contributed by atoms with Gasteiger partial charge in [0.2, 0.25) is 0 Å². The van der Waals surface area contributed by atoms with E-state index in [1.165, 1.54) is 22.3 Å². The molecule has 0 atom stereocenters. The van der Waals surface area contributed by atoms with E-state index in [1.807, 2.05) is 0 Å². The molecule has 0 bridgehead atoms. The van der Waals surface area contributed by atoms with E-state index in [9.17, 15) is 0 Å². The summed E-state index contributed by atoms with van der Waals surface area (Å²) in [6.45, 7) is 8.77. The fraction of sp³-hybridized carbons (Fsp3) is 0.294. The summed E-state index contributed by atoms with van der Waals surface area (Å²) < 4.78 is 0. The van der Waals surface area contributed by atoms with Crippen LogP contribution in [0, 0.1) is 0 Å². The summed E-state index contributed by atoms with van der Waals surface area (Å²) in [6, 6.07) is 8.72. The Morgan fingerprint density at radius 2 is 1.59 bits per heavy atom. The molecule has 0 N–H and O–H groups in total. The summed E-state index contributed by atoms with van der Waals surface area (Å²) in [7, 11) is 0. The molecule has 0 aliphatic heterocycles. The molecule has 0 spiro atoms. The second-order valence-corrected chi connectivity index (χ2v) is 5.00. The maximum absolute atomic E-state index is 2.30. The molecule has 0 saturated heterocycles. The van der Waals surface area contributed by atoms with Gasteiger partial charge in [-0.25, -0.2) is 0 Å². The van der Waals surface area contributed by atoms with Crippen molar-refractivity contribution >= 4 is 5.57 Å². The molecule has 2 rings (SSSR count). The topological polar surface area (TPSA) is 0 Å². The zero-order valence-corrected chi connectivity index (χ0v) is 11.1. The summed E-state index contributed by atoms with van der Waals surface area (Å²) in [5, 5.41) is 0. The second kappa shape index (κ2) is 4.37. The Balaban J connectivity index is 2.73. The Hall–Kier alpha value is -1.56. The van der Waals surface area contributed by atoms with Gasteiger partial charge >= 0.3 is 0 Å². The molecular weight excluding hydrogens is 204 g/mol. The van der Waals surface area contributed by atoms with Crippen molar-refractivity contribution in [2.75, 3.05) is 0 Å². The van der Waals surface area contributed by atoms with Gasteiger partial charge < -0.3 is 0 Å². The lowest BCUT2D eigenvalue weighted by Gasteiger charge is -2.22. The minimum atomic E-state index is 0.109. The molecule has 1 aliphatic rings. The number of rotatable bonds is 2. The first-order chi connectivity index (χ1) is 8.12. The van der Waals surface area contributed by atoms with Crippen molar-refractivity contribution in [2.24, 2.45) is 0 Å². The van der Waals surface area contributed by atoms with Crippen LogP contribution in [0.2, 0.25) is 0 Å². The maximum Gasteiger partial charge on any atom is 0.0158 e. The average molecular weight is 224 g/mol. The van der Waals surface area contributed by atoms with Gasteiger partial charge in [-0.1, -0.05) is 62.4 Å². The van der Waals surface area contributed by atoms with E-state index in [-0.39, 0.29) is 5.41 Å². The molecular formula is C17H20. The van der Waals surface area contributed by atoms with Crippen LogP contribution in [-0.2, 0) is 5.41 Å². The third-order valence-electron chi connectivity index (χ3n) is 3.52. The van der Waals surface area contributed by atoms with Crippen LogP contribution in [0.25, 0.3) is 5.57 Å². The highest BCUT2D eigenvalue weighted by molar-refractivity contribution is 5.87. The zero-order chi connectivity index (χ0) is 12.5. The van der Waals surface area contributed by atoms with E-state index in [4.69, 9.17) is 0 Å². The Morgan fingerprint density at radius 3 is 2.24 bits per heavy atom. The van der Waals surface area contributed by atoms with Crippen molar-refractivity contribution in [1.82, 2.24) is 0 Å². The van der Waals surface area contributed by atoms with Gasteiger partial charge in [-0.05, 0) is 36.1 Å². The van der Waals surface area contributed by atoms with Crippen LogP contribution in [0.3, 0.4) is 0 Å². The summed E-state index contributed by atoms with van der Waals surface area (Å²) in [5.41, 5.74) is 5.70.